The maximum atomic E-state index is 13.6. The maximum Gasteiger partial charge on any atom is 0.417 e. The lowest BCUT2D eigenvalue weighted by Gasteiger charge is -2.37. The number of hydrogen-bond donors (Lipinski definition) is 0. The first kappa shape index (κ1) is 25.6. The van der Waals surface area contributed by atoms with Gasteiger partial charge >= 0.3 is 6.18 Å². The molecule has 6 nitrogen and oxygen atoms in total. The second-order valence-corrected chi connectivity index (χ2v) is 16.0. The molecule has 4 rings (SSSR count). The van der Waals surface area contributed by atoms with Crippen LogP contribution in [0.3, 0.4) is 0 Å². The predicted octanol–water partition coefficient (Wildman–Crippen LogP) is 5.19. The first-order valence-electron chi connectivity index (χ1n) is 11.5. The number of fused-ring (bicyclic) bond motifs is 5. The number of hydrogen-bond acceptors (Lipinski definition) is 5. The average molecular weight is 507 g/mol. The highest BCUT2D eigenvalue weighted by Crippen LogP contribution is 2.59. The molecule has 2 fully saturated rings. The van der Waals surface area contributed by atoms with Crippen LogP contribution in [0.4, 0.5) is 18.9 Å². The minimum Gasteiger partial charge on any atom is -0.417 e. The predicted molar refractivity (Wildman–Crippen MR) is 125 cm³/mol. The molecule has 2 bridgehead atoms. The molecule has 0 aromatic heterocycles. The highest BCUT2D eigenvalue weighted by atomic mass is 28.4. The van der Waals surface area contributed by atoms with Crippen molar-refractivity contribution in [3.63, 3.8) is 0 Å². The molecule has 0 spiro atoms. The molecule has 1 aromatic carbocycles. The van der Waals surface area contributed by atoms with E-state index in [9.17, 15) is 22.8 Å². The van der Waals surface area contributed by atoms with Gasteiger partial charge in [0.2, 0.25) is 11.8 Å². The maximum absolute atomic E-state index is 13.6. The summed E-state index contributed by atoms with van der Waals surface area (Å²) in [6, 6.07) is 4.40. The van der Waals surface area contributed by atoms with E-state index in [-0.39, 0.29) is 10.7 Å². The van der Waals surface area contributed by atoms with Crippen molar-refractivity contribution in [1.29, 1.82) is 5.26 Å². The minimum atomic E-state index is -4.80. The second kappa shape index (κ2) is 7.76. The summed E-state index contributed by atoms with van der Waals surface area (Å²) in [6.45, 7) is 12.7. The van der Waals surface area contributed by atoms with Crippen LogP contribution in [-0.2, 0) is 24.9 Å². The van der Waals surface area contributed by atoms with Gasteiger partial charge in [0.1, 0.15) is 5.60 Å². The fourth-order valence-electron chi connectivity index (χ4n) is 5.09. The number of anilines is 1. The second-order valence-electron chi connectivity index (χ2n) is 11.2. The Morgan fingerprint density at radius 1 is 1.14 bits per heavy atom. The number of rotatable bonds is 5. The van der Waals surface area contributed by atoms with Gasteiger partial charge in [-0.1, -0.05) is 32.9 Å². The SMILES string of the molecule is CC(C)(C)[Si](C)(C)OCC[C@]12C=C[C@](C)(O1)[C@H]1C(=O)N(c3ccc(C#N)c(C(F)(F)F)c3)C(=O)[C@H]12. The number of imide groups is 1. The largest absolute Gasteiger partial charge is 0.417 e. The molecule has 2 saturated heterocycles. The lowest BCUT2D eigenvalue weighted by Crippen LogP contribution is -2.44. The van der Waals surface area contributed by atoms with Crippen LogP contribution < -0.4 is 4.90 Å². The topological polar surface area (TPSA) is 79.6 Å². The normalized spacial score (nSPS) is 30.2. The number of nitriles is 1. The van der Waals surface area contributed by atoms with Crippen LogP contribution in [0, 0.1) is 23.2 Å². The van der Waals surface area contributed by atoms with E-state index < -0.39 is 60.5 Å². The van der Waals surface area contributed by atoms with Crippen molar-refractivity contribution in [3.05, 3.63) is 41.5 Å². The van der Waals surface area contributed by atoms with E-state index in [0.717, 1.165) is 11.0 Å². The molecule has 1 aromatic rings. The zero-order valence-electron chi connectivity index (χ0n) is 20.6. The number of nitrogens with zero attached hydrogens (tertiary/aromatic N) is 2. The molecule has 35 heavy (non-hydrogen) atoms. The molecular weight excluding hydrogens is 477 g/mol. The molecular formula is C25H29F3N2O4Si. The Hall–Kier alpha value is -2.48. The molecule has 3 heterocycles. The fourth-order valence-corrected chi connectivity index (χ4v) is 6.13. The molecule has 188 valence electrons. The molecule has 0 aliphatic carbocycles. The van der Waals surface area contributed by atoms with E-state index in [0.29, 0.717) is 19.1 Å². The van der Waals surface area contributed by atoms with E-state index in [1.165, 1.54) is 12.1 Å². The van der Waals surface area contributed by atoms with Crippen molar-refractivity contribution in [1.82, 2.24) is 0 Å². The highest BCUT2D eigenvalue weighted by Gasteiger charge is 2.72. The van der Waals surface area contributed by atoms with Crippen LogP contribution in [0.25, 0.3) is 0 Å². The monoisotopic (exact) mass is 506 g/mol. The van der Waals surface area contributed by atoms with Gasteiger partial charge in [-0.25, -0.2) is 4.90 Å². The fraction of sp³-hybridized carbons (Fsp3) is 0.560. The van der Waals surface area contributed by atoms with Gasteiger partial charge < -0.3 is 9.16 Å². The van der Waals surface area contributed by atoms with Gasteiger partial charge in [0, 0.05) is 13.0 Å². The van der Waals surface area contributed by atoms with Crippen LogP contribution in [0.15, 0.2) is 30.4 Å². The summed E-state index contributed by atoms with van der Waals surface area (Å²) < 4.78 is 53.2. The number of carbonyl (C=O) groups is 2. The zero-order chi connectivity index (χ0) is 26.2. The van der Waals surface area contributed by atoms with Gasteiger partial charge in [-0.15, -0.1) is 0 Å². The summed E-state index contributed by atoms with van der Waals surface area (Å²) >= 11 is 0. The Kier molecular flexibility index (Phi) is 5.67. The van der Waals surface area contributed by atoms with Crippen molar-refractivity contribution in [3.8, 4) is 6.07 Å². The van der Waals surface area contributed by atoms with E-state index in [2.05, 4.69) is 33.9 Å². The van der Waals surface area contributed by atoms with E-state index in [1.54, 1.807) is 19.1 Å². The van der Waals surface area contributed by atoms with Crippen LogP contribution in [0.5, 0.6) is 0 Å². The van der Waals surface area contributed by atoms with Gasteiger partial charge in [-0.2, -0.15) is 18.4 Å². The third-order valence-electron chi connectivity index (χ3n) is 8.01. The van der Waals surface area contributed by atoms with Crippen LogP contribution >= 0.6 is 0 Å². The van der Waals surface area contributed by atoms with Gasteiger partial charge in [-0.05, 0) is 43.3 Å². The molecule has 0 saturated carbocycles. The van der Waals surface area contributed by atoms with Gasteiger partial charge in [0.25, 0.3) is 0 Å². The number of alkyl halides is 3. The van der Waals surface area contributed by atoms with Crippen molar-refractivity contribution in [2.75, 3.05) is 11.5 Å². The van der Waals surface area contributed by atoms with Crippen molar-refractivity contribution < 1.29 is 31.9 Å². The number of benzene rings is 1. The Balaban J connectivity index is 1.65. The summed E-state index contributed by atoms with van der Waals surface area (Å²) in [7, 11) is -2.07. The van der Waals surface area contributed by atoms with Crippen LogP contribution in [0.2, 0.25) is 18.1 Å². The molecule has 3 aliphatic heterocycles. The van der Waals surface area contributed by atoms with Crippen molar-refractivity contribution >= 4 is 25.8 Å². The molecule has 0 radical (unpaired) electrons. The molecule has 4 atom stereocenters. The lowest BCUT2D eigenvalue weighted by molar-refractivity contribution is -0.138. The van der Waals surface area contributed by atoms with Gasteiger partial charge in [-0.3, -0.25) is 9.59 Å². The van der Waals surface area contributed by atoms with E-state index in [4.69, 9.17) is 14.4 Å². The quantitative estimate of drug-likeness (QED) is 0.312. The third-order valence-corrected chi connectivity index (χ3v) is 12.5. The van der Waals surface area contributed by atoms with E-state index >= 15 is 0 Å². The summed E-state index contributed by atoms with van der Waals surface area (Å²) in [6.07, 6.45) is -0.881. The lowest BCUT2D eigenvalue weighted by atomic mass is 9.71. The molecule has 2 amide bonds. The molecule has 10 heteroatoms. The number of amides is 2. The summed E-state index contributed by atoms with van der Waals surface area (Å²) in [5.41, 5.74) is -4.06. The van der Waals surface area contributed by atoms with Gasteiger partial charge in [0.05, 0.1) is 40.3 Å². The smallest absolute Gasteiger partial charge is 0.417 e. The highest BCUT2D eigenvalue weighted by molar-refractivity contribution is 6.74. The molecule has 0 N–H and O–H groups in total. The average Bonchev–Trinajstić information content (AvgIpc) is 3.30. The molecule has 3 aliphatic rings. The number of ether oxygens (including phenoxy) is 1. The first-order valence-corrected chi connectivity index (χ1v) is 14.4. The zero-order valence-corrected chi connectivity index (χ0v) is 21.6. The Labute approximate surface area is 203 Å². The van der Waals surface area contributed by atoms with E-state index in [1.807, 2.05) is 0 Å². The summed E-state index contributed by atoms with van der Waals surface area (Å²) in [5, 5.41) is 9.07. The van der Waals surface area contributed by atoms with Crippen LogP contribution in [-0.4, -0.2) is 37.9 Å². The Morgan fingerprint density at radius 3 is 2.34 bits per heavy atom. The minimum absolute atomic E-state index is 0.00845. The Bertz CT molecular complexity index is 1170. The summed E-state index contributed by atoms with van der Waals surface area (Å²) in [4.78, 5) is 27.8. The first-order chi connectivity index (χ1) is 16.0. The van der Waals surface area contributed by atoms with Crippen molar-refractivity contribution in [2.45, 2.75) is 69.6 Å². The standard InChI is InChI=1S/C25H29F3N2O4Si/c1-22(2,3)35(5,6)33-12-11-24-10-9-23(4,34-24)18-19(24)21(32)30(20(18)31)16-8-7-15(14-29)17(13-16)25(26,27)28/h7-10,13,18-19H,11-12H2,1-6H3/t18-,19+,23+,24+/m1/s1. The van der Waals surface area contributed by atoms with Crippen LogP contribution in [0.1, 0.15) is 45.2 Å². The Morgan fingerprint density at radius 2 is 1.77 bits per heavy atom. The number of halogens is 3. The van der Waals surface area contributed by atoms with Crippen molar-refractivity contribution in [2.24, 2.45) is 11.8 Å². The number of carbonyl (C=O) groups excluding carboxylic acids is 2. The summed E-state index contributed by atoms with van der Waals surface area (Å²) in [5.74, 6) is -2.91. The molecule has 0 unspecified atom stereocenters. The van der Waals surface area contributed by atoms with Gasteiger partial charge in [0.15, 0.2) is 8.32 Å². The third kappa shape index (κ3) is 3.84.